The summed E-state index contributed by atoms with van der Waals surface area (Å²) in [5.74, 6) is -0.0955. The lowest BCUT2D eigenvalue weighted by molar-refractivity contribution is -0.124. The van der Waals surface area contributed by atoms with Gasteiger partial charge < -0.3 is 19.9 Å². The highest BCUT2D eigenvalue weighted by molar-refractivity contribution is 5.80. The molecule has 0 aromatic heterocycles. The van der Waals surface area contributed by atoms with Crippen LogP contribution in [0.15, 0.2) is 0 Å². The molecule has 0 aliphatic heterocycles. The van der Waals surface area contributed by atoms with E-state index in [2.05, 4.69) is 6.92 Å². The Labute approximate surface area is 128 Å². The third kappa shape index (κ3) is 10.6. The summed E-state index contributed by atoms with van der Waals surface area (Å²) in [5, 5.41) is 0. The van der Waals surface area contributed by atoms with Crippen molar-refractivity contribution in [2.75, 3.05) is 53.2 Å². The number of rotatable bonds is 14. The average molecular weight is 304 g/mol. The van der Waals surface area contributed by atoms with Crippen molar-refractivity contribution >= 4 is 5.91 Å². The van der Waals surface area contributed by atoms with Crippen LogP contribution in [0.2, 0.25) is 0 Å². The molecule has 6 nitrogen and oxygen atoms in total. The highest BCUT2D eigenvalue weighted by atomic mass is 16.5. The number of nitrogens with zero attached hydrogens (tertiary/aromatic N) is 1. The second-order valence-electron chi connectivity index (χ2n) is 5.41. The van der Waals surface area contributed by atoms with E-state index in [1.165, 1.54) is 0 Å². The second-order valence-corrected chi connectivity index (χ2v) is 5.41. The first-order chi connectivity index (χ1) is 10.0. The minimum atomic E-state index is -0.289. The van der Waals surface area contributed by atoms with Crippen molar-refractivity contribution in [3.63, 3.8) is 0 Å². The SMILES string of the molecule is CCCOCCOCCOCCN(C)C(C(N)=O)C(C)C. The van der Waals surface area contributed by atoms with Gasteiger partial charge in [0, 0.05) is 13.2 Å². The van der Waals surface area contributed by atoms with Crippen LogP contribution in [0.4, 0.5) is 0 Å². The van der Waals surface area contributed by atoms with Crippen LogP contribution in [0.3, 0.4) is 0 Å². The molecule has 0 aromatic rings. The van der Waals surface area contributed by atoms with Crippen molar-refractivity contribution in [1.82, 2.24) is 4.90 Å². The number of hydrogen-bond donors (Lipinski definition) is 1. The second kappa shape index (κ2) is 13.0. The van der Waals surface area contributed by atoms with E-state index in [4.69, 9.17) is 19.9 Å². The normalized spacial score (nSPS) is 13.0. The first-order valence-electron chi connectivity index (χ1n) is 7.73. The Bertz CT molecular complexity index is 262. The number of carbonyl (C=O) groups excluding carboxylic acids is 1. The third-order valence-electron chi connectivity index (χ3n) is 3.08. The van der Waals surface area contributed by atoms with Crippen molar-refractivity contribution < 1.29 is 19.0 Å². The van der Waals surface area contributed by atoms with Crippen molar-refractivity contribution in [1.29, 1.82) is 0 Å². The Balaban J connectivity index is 3.51. The number of carbonyl (C=O) groups is 1. The van der Waals surface area contributed by atoms with E-state index < -0.39 is 0 Å². The lowest BCUT2D eigenvalue weighted by Crippen LogP contribution is -2.47. The molecule has 0 aromatic carbocycles. The molecular weight excluding hydrogens is 272 g/mol. The molecule has 0 spiro atoms. The van der Waals surface area contributed by atoms with Crippen molar-refractivity contribution in [3.8, 4) is 0 Å². The monoisotopic (exact) mass is 304 g/mol. The smallest absolute Gasteiger partial charge is 0.235 e. The van der Waals surface area contributed by atoms with Crippen molar-refractivity contribution in [2.45, 2.75) is 33.2 Å². The fourth-order valence-electron chi connectivity index (χ4n) is 2.09. The van der Waals surface area contributed by atoms with Crippen LogP contribution in [-0.2, 0) is 19.0 Å². The van der Waals surface area contributed by atoms with Gasteiger partial charge in [-0.05, 0) is 19.4 Å². The van der Waals surface area contributed by atoms with Gasteiger partial charge in [-0.2, -0.15) is 0 Å². The molecule has 0 aliphatic rings. The molecule has 0 saturated carbocycles. The van der Waals surface area contributed by atoms with E-state index in [0.717, 1.165) is 13.0 Å². The van der Waals surface area contributed by atoms with Crippen molar-refractivity contribution in [2.24, 2.45) is 11.7 Å². The molecule has 2 N–H and O–H groups in total. The van der Waals surface area contributed by atoms with Gasteiger partial charge in [0.05, 0.1) is 39.1 Å². The number of primary amides is 1. The van der Waals surface area contributed by atoms with Gasteiger partial charge in [0.2, 0.25) is 5.91 Å². The predicted octanol–water partition coefficient (Wildman–Crippen LogP) is 0.888. The molecule has 1 atom stereocenters. The topological polar surface area (TPSA) is 74.0 Å². The van der Waals surface area contributed by atoms with E-state index in [0.29, 0.717) is 39.6 Å². The Morgan fingerprint density at radius 2 is 1.48 bits per heavy atom. The summed E-state index contributed by atoms with van der Waals surface area (Å²) in [7, 11) is 1.89. The zero-order chi connectivity index (χ0) is 16.1. The van der Waals surface area contributed by atoms with Gasteiger partial charge in [0.1, 0.15) is 0 Å². The third-order valence-corrected chi connectivity index (χ3v) is 3.08. The van der Waals surface area contributed by atoms with E-state index in [1.54, 1.807) is 0 Å². The Morgan fingerprint density at radius 3 is 1.90 bits per heavy atom. The van der Waals surface area contributed by atoms with Gasteiger partial charge in [-0.25, -0.2) is 0 Å². The predicted molar refractivity (Wildman–Crippen MR) is 83.2 cm³/mol. The van der Waals surface area contributed by atoms with Crippen LogP contribution < -0.4 is 5.73 Å². The van der Waals surface area contributed by atoms with E-state index in [-0.39, 0.29) is 17.9 Å². The number of likely N-dealkylation sites (N-methyl/N-ethyl adjacent to an activating group) is 1. The van der Waals surface area contributed by atoms with Crippen molar-refractivity contribution in [3.05, 3.63) is 0 Å². The fraction of sp³-hybridized carbons (Fsp3) is 0.933. The molecule has 0 aliphatic carbocycles. The maximum absolute atomic E-state index is 11.4. The number of nitrogens with two attached hydrogens (primary N) is 1. The van der Waals surface area contributed by atoms with Gasteiger partial charge >= 0.3 is 0 Å². The van der Waals surface area contributed by atoms with Crippen LogP contribution >= 0.6 is 0 Å². The molecule has 0 fully saturated rings. The minimum absolute atomic E-state index is 0.193. The molecule has 1 amide bonds. The standard InChI is InChI=1S/C15H32N2O4/c1-5-7-19-9-11-21-12-10-20-8-6-17(4)14(13(2)3)15(16)18/h13-14H,5-12H2,1-4H3,(H2,16,18). The average Bonchev–Trinajstić information content (AvgIpc) is 2.40. The Hall–Kier alpha value is -0.690. The summed E-state index contributed by atoms with van der Waals surface area (Å²) in [6.45, 7) is 10.4. The highest BCUT2D eigenvalue weighted by Gasteiger charge is 2.23. The summed E-state index contributed by atoms with van der Waals surface area (Å²) in [6.07, 6.45) is 1.03. The first-order valence-corrected chi connectivity index (χ1v) is 7.73. The number of ether oxygens (including phenoxy) is 3. The largest absolute Gasteiger partial charge is 0.379 e. The number of amides is 1. The Kier molecular flexibility index (Phi) is 12.6. The molecule has 0 bridgehead atoms. The zero-order valence-electron chi connectivity index (χ0n) is 14.0. The van der Waals surface area contributed by atoms with Crippen LogP contribution in [0.5, 0.6) is 0 Å². The van der Waals surface area contributed by atoms with Gasteiger partial charge in [0.15, 0.2) is 0 Å². The molecule has 0 radical (unpaired) electrons. The van der Waals surface area contributed by atoms with E-state index in [9.17, 15) is 4.79 Å². The zero-order valence-corrected chi connectivity index (χ0v) is 14.0. The van der Waals surface area contributed by atoms with Crippen LogP contribution in [0.1, 0.15) is 27.2 Å². The van der Waals surface area contributed by atoms with Gasteiger partial charge in [0.25, 0.3) is 0 Å². The summed E-state index contributed by atoms with van der Waals surface area (Å²) in [6, 6.07) is -0.249. The summed E-state index contributed by atoms with van der Waals surface area (Å²) < 4.78 is 16.2. The van der Waals surface area contributed by atoms with Crippen LogP contribution in [0, 0.1) is 5.92 Å². The molecule has 21 heavy (non-hydrogen) atoms. The Morgan fingerprint density at radius 1 is 1.00 bits per heavy atom. The maximum atomic E-state index is 11.4. The molecule has 6 heteroatoms. The molecular formula is C15H32N2O4. The lowest BCUT2D eigenvalue weighted by atomic mass is 10.0. The minimum Gasteiger partial charge on any atom is -0.379 e. The highest BCUT2D eigenvalue weighted by Crippen LogP contribution is 2.08. The maximum Gasteiger partial charge on any atom is 0.235 e. The van der Waals surface area contributed by atoms with Crippen LogP contribution in [-0.4, -0.2) is 70.1 Å². The first kappa shape index (κ1) is 20.3. The van der Waals surface area contributed by atoms with E-state index in [1.807, 2.05) is 25.8 Å². The van der Waals surface area contributed by atoms with Crippen LogP contribution in [0.25, 0.3) is 0 Å². The summed E-state index contributed by atoms with van der Waals surface area (Å²) in [5.41, 5.74) is 5.41. The molecule has 0 rings (SSSR count). The van der Waals surface area contributed by atoms with Gasteiger partial charge in [-0.15, -0.1) is 0 Å². The summed E-state index contributed by atoms with van der Waals surface area (Å²) >= 11 is 0. The number of hydrogen-bond acceptors (Lipinski definition) is 5. The van der Waals surface area contributed by atoms with Gasteiger partial charge in [-0.1, -0.05) is 20.8 Å². The quantitative estimate of drug-likeness (QED) is 0.482. The lowest BCUT2D eigenvalue weighted by Gasteiger charge is -2.28. The molecule has 1 unspecified atom stereocenters. The fourth-order valence-corrected chi connectivity index (χ4v) is 2.09. The molecule has 126 valence electrons. The van der Waals surface area contributed by atoms with Gasteiger partial charge in [-0.3, -0.25) is 9.69 Å². The van der Waals surface area contributed by atoms with E-state index >= 15 is 0 Å². The molecule has 0 saturated heterocycles. The molecule has 0 heterocycles. The summed E-state index contributed by atoms with van der Waals surface area (Å²) in [4.78, 5) is 13.3.